The Morgan fingerprint density at radius 3 is 2.03 bits per heavy atom. The van der Waals surface area contributed by atoms with Crippen LogP contribution in [0.25, 0.3) is 0 Å². The third-order valence-corrected chi connectivity index (χ3v) is 4.70. The minimum Gasteiger partial charge on any atom is -0.466 e. The molecular formula is C17H15F9N2O4. The molecule has 15 heteroatoms. The van der Waals surface area contributed by atoms with Crippen LogP contribution >= 0.6 is 0 Å². The fourth-order valence-electron chi connectivity index (χ4n) is 3.12. The van der Waals surface area contributed by atoms with E-state index in [0.717, 1.165) is 24.4 Å². The largest absolute Gasteiger partial charge is 0.466 e. The van der Waals surface area contributed by atoms with Gasteiger partial charge in [0.1, 0.15) is 5.92 Å². The summed E-state index contributed by atoms with van der Waals surface area (Å²) in [7, 11) is 0. The van der Waals surface area contributed by atoms with E-state index in [-0.39, 0.29) is 5.56 Å². The molecule has 6 nitrogen and oxygen atoms in total. The van der Waals surface area contributed by atoms with E-state index in [1.54, 1.807) is 0 Å². The number of esters is 1. The van der Waals surface area contributed by atoms with Gasteiger partial charge in [-0.2, -0.15) is 39.5 Å². The van der Waals surface area contributed by atoms with E-state index >= 15 is 0 Å². The summed E-state index contributed by atoms with van der Waals surface area (Å²) in [5, 5.41) is 13.1. The molecule has 32 heavy (non-hydrogen) atoms. The fourth-order valence-corrected chi connectivity index (χ4v) is 3.12. The second kappa shape index (κ2) is 8.01. The molecule has 0 saturated carbocycles. The molecule has 1 heterocycles. The summed E-state index contributed by atoms with van der Waals surface area (Å²) in [5.41, 5.74) is -5.18. The first-order chi connectivity index (χ1) is 14.5. The summed E-state index contributed by atoms with van der Waals surface area (Å²) in [6, 6.07) is 2.12. The third-order valence-electron chi connectivity index (χ3n) is 4.70. The first-order valence-electron chi connectivity index (χ1n) is 8.68. The first-order valence-corrected chi connectivity index (χ1v) is 8.68. The number of hydrogen-bond acceptors (Lipinski definition) is 4. The highest BCUT2D eigenvalue weighted by Crippen LogP contribution is 2.58. The van der Waals surface area contributed by atoms with Crippen molar-refractivity contribution in [3.05, 3.63) is 35.9 Å². The van der Waals surface area contributed by atoms with Crippen molar-refractivity contribution < 1.29 is 58.9 Å². The van der Waals surface area contributed by atoms with Crippen molar-refractivity contribution in [2.75, 3.05) is 6.61 Å². The molecule has 1 aromatic carbocycles. The number of carbonyl (C=O) groups is 2. The lowest BCUT2D eigenvalue weighted by molar-refractivity contribution is -0.423. The van der Waals surface area contributed by atoms with Gasteiger partial charge in [0.2, 0.25) is 5.72 Å². The van der Waals surface area contributed by atoms with Crippen LogP contribution in [0.5, 0.6) is 0 Å². The van der Waals surface area contributed by atoms with E-state index in [0.29, 0.717) is 0 Å². The smallest absolute Gasteiger partial charge is 0.460 e. The van der Waals surface area contributed by atoms with Gasteiger partial charge in [0.05, 0.1) is 12.6 Å². The van der Waals surface area contributed by atoms with Crippen molar-refractivity contribution in [2.24, 2.45) is 5.92 Å². The molecule has 2 rings (SSSR count). The molecule has 1 aromatic rings. The second-order valence-electron chi connectivity index (χ2n) is 6.70. The number of halogens is 9. The van der Waals surface area contributed by atoms with Gasteiger partial charge in [0.15, 0.2) is 0 Å². The molecule has 0 unspecified atom stereocenters. The van der Waals surface area contributed by atoms with Crippen molar-refractivity contribution >= 4 is 12.0 Å². The van der Waals surface area contributed by atoms with E-state index in [2.05, 4.69) is 4.74 Å². The summed E-state index contributed by atoms with van der Waals surface area (Å²) in [5.74, 6) is -26.3. The number of rotatable bonds is 6. The molecule has 1 aliphatic heterocycles. The Hall–Kier alpha value is -2.71. The van der Waals surface area contributed by atoms with E-state index in [9.17, 15) is 54.2 Å². The van der Waals surface area contributed by atoms with Gasteiger partial charge in [-0.1, -0.05) is 30.3 Å². The predicted octanol–water partition coefficient (Wildman–Crippen LogP) is 3.38. The molecule has 3 atom stereocenters. The fraction of sp³-hybridized carbons (Fsp3) is 0.529. The summed E-state index contributed by atoms with van der Waals surface area (Å²) in [6.45, 7) is 0.551. The van der Waals surface area contributed by atoms with Gasteiger partial charge in [0, 0.05) is 0 Å². The van der Waals surface area contributed by atoms with Crippen molar-refractivity contribution in [3.63, 3.8) is 0 Å². The number of urea groups is 1. The van der Waals surface area contributed by atoms with Crippen LogP contribution in [0.2, 0.25) is 0 Å². The minimum atomic E-state index is -7.36. The second-order valence-corrected chi connectivity index (χ2v) is 6.70. The first kappa shape index (κ1) is 25.5. The number of nitrogens with one attached hydrogen (secondary N) is 2. The maximum atomic E-state index is 14.8. The van der Waals surface area contributed by atoms with Gasteiger partial charge in [0.25, 0.3) is 0 Å². The normalized spacial score (nSPS) is 25.0. The van der Waals surface area contributed by atoms with Crippen LogP contribution in [0.4, 0.5) is 44.3 Å². The molecule has 1 saturated heterocycles. The Labute approximate surface area is 173 Å². The molecule has 0 aliphatic carbocycles. The van der Waals surface area contributed by atoms with Crippen molar-refractivity contribution in [1.29, 1.82) is 0 Å². The summed E-state index contributed by atoms with van der Waals surface area (Å²) < 4.78 is 127. The Morgan fingerprint density at radius 2 is 1.56 bits per heavy atom. The van der Waals surface area contributed by atoms with Crippen LogP contribution < -0.4 is 10.6 Å². The highest BCUT2D eigenvalue weighted by atomic mass is 19.4. The maximum absolute atomic E-state index is 14.8. The minimum absolute atomic E-state index is 0.250. The number of alkyl halides is 9. The SMILES string of the molecule is CCOC(=O)[C@@H]1[C@H](c2ccccc2)NC(=O)N[C@]1(O)C(F)(F)C(F)(F)C(F)(F)C(F)(F)F. The molecule has 0 aromatic heterocycles. The number of hydrogen-bond donors (Lipinski definition) is 3. The number of benzene rings is 1. The zero-order valence-corrected chi connectivity index (χ0v) is 15.8. The third kappa shape index (κ3) is 3.71. The zero-order chi connectivity index (χ0) is 24.8. The van der Waals surface area contributed by atoms with Crippen molar-refractivity contribution in [1.82, 2.24) is 10.6 Å². The van der Waals surface area contributed by atoms with Crippen LogP contribution in [0.15, 0.2) is 30.3 Å². The van der Waals surface area contributed by atoms with E-state index in [1.807, 2.05) is 5.32 Å². The number of ether oxygens (including phenoxy) is 1. The topological polar surface area (TPSA) is 87.7 Å². The van der Waals surface area contributed by atoms with Crippen LogP contribution in [-0.2, 0) is 9.53 Å². The van der Waals surface area contributed by atoms with Crippen LogP contribution in [0, 0.1) is 5.92 Å². The highest BCUT2D eigenvalue weighted by Gasteiger charge is 2.88. The molecule has 1 fully saturated rings. The Morgan fingerprint density at radius 1 is 1.03 bits per heavy atom. The summed E-state index contributed by atoms with van der Waals surface area (Å²) >= 11 is 0. The van der Waals surface area contributed by atoms with E-state index in [1.165, 1.54) is 18.2 Å². The molecular weight excluding hydrogens is 467 g/mol. The average Bonchev–Trinajstić information content (AvgIpc) is 2.66. The van der Waals surface area contributed by atoms with Crippen LogP contribution in [0.1, 0.15) is 18.5 Å². The Kier molecular flexibility index (Phi) is 6.39. The zero-order valence-electron chi connectivity index (χ0n) is 15.8. The molecule has 0 spiro atoms. The quantitative estimate of drug-likeness (QED) is 0.429. The van der Waals surface area contributed by atoms with E-state index in [4.69, 9.17) is 0 Å². The van der Waals surface area contributed by atoms with Gasteiger partial charge in [-0.3, -0.25) is 4.79 Å². The standard InChI is InChI=1S/C17H15F9N2O4/c1-2-32-11(29)9-10(8-6-4-3-5-7-8)27-12(30)28-13(9,31)14(18,19)15(20,21)16(22,23)17(24,25)26/h3-7,9-10,31H,2H2,1H3,(H2,27,28,30)/t9-,10-,13+/m0/s1. The molecule has 0 radical (unpaired) electrons. The van der Waals surface area contributed by atoms with Gasteiger partial charge in [-0.25, -0.2) is 4.79 Å². The maximum Gasteiger partial charge on any atom is 0.460 e. The molecule has 2 amide bonds. The van der Waals surface area contributed by atoms with Crippen molar-refractivity contribution in [2.45, 2.75) is 42.6 Å². The van der Waals surface area contributed by atoms with Gasteiger partial charge in [-0.15, -0.1) is 0 Å². The van der Waals surface area contributed by atoms with Gasteiger partial charge < -0.3 is 20.5 Å². The molecule has 3 N–H and O–H groups in total. The summed E-state index contributed by atoms with van der Waals surface area (Å²) in [4.78, 5) is 24.2. The monoisotopic (exact) mass is 482 g/mol. The van der Waals surface area contributed by atoms with E-state index < -0.39 is 60.2 Å². The lowest BCUT2D eigenvalue weighted by atomic mass is 9.76. The lowest BCUT2D eigenvalue weighted by Crippen LogP contribution is -2.80. The van der Waals surface area contributed by atoms with Crippen LogP contribution in [0.3, 0.4) is 0 Å². The average molecular weight is 482 g/mol. The molecule has 180 valence electrons. The van der Waals surface area contributed by atoms with Gasteiger partial charge in [-0.05, 0) is 12.5 Å². The van der Waals surface area contributed by atoms with Crippen LogP contribution in [-0.4, -0.2) is 53.4 Å². The van der Waals surface area contributed by atoms with Gasteiger partial charge >= 0.3 is 35.9 Å². The number of aliphatic hydroxyl groups is 1. The Bertz CT molecular complexity index is 863. The Balaban J connectivity index is 2.75. The molecule has 1 aliphatic rings. The van der Waals surface area contributed by atoms with Crippen molar-refractivity contribution in [3.8, 4) is 0 Å². The lowest BCUT2D eigenvalue weighted by Gasteiger charge is -2.49. The summed E-state index contributed by atoms with van der Waals surface area (Å²) in [6.07, 6.45) is -7.18. The molecule has 0 bridgehead atoms. The number of carbonyl (C=O) groups excluding carboxylic acids is 2. The number of amides is 2. The highest BCUT2D eigenvalue weighted by molar-refractivity contribution is 5.83. The predicted molar refractivity (Wildman–Crippen MR) is 86.8 cm³/mol.